The second kappa shape index (κ2) is 8.23. The molecule has 1 amide bonds. The van der Waals surface area contributed by atoms with Crippen molar-refractivity contribution in [3.63, 3.8) is 0 Å². The summed E-state index contributed by atoms with van der Waals surface area (Å²) in [4.78, 5) is 14.5. The normalized spacial score (nSPS) is 17.2. The van der Waals surface area contributed by atoms with Crippen molar-refractivity contribution in [3.05, 3.63) is 59.1 Å². The molecular formula is C19H21ClN2O3. The molecule has 1 N–H and O–H groups in total. The Kier molecular flexibility index (Phi) is 5.79. The number of amides is 1. The maximum atomic E-state index is 12.7. The van der Waals surface area contributed by atoms with Crippen molar-refractivity contribution in [3.8, 4) is 11.5 Å². The minimum Gasteiger partial charge on any atom is -0.497 e. The van der Waals surface area contributed by atoms with E-state index in [0.29, 0.717) is 23.9 Å². The third-order valence-electron chi connectivity index (χ3n) is 4.22. The smallest absolute Gasteiger partial charge is 0.261 e. The zero-order chi connectivity index (χ0) is 17.6. The Labute approximate surface area is 152 Å². The molecule has 0 spiro atoms. The summed E-state index contributed by atoms with van der Waals surface area (Å²) in [5.41, 5.74) is 1.03. The molecule has 1 aliphatic rings. The summed E-state index contributed by atoms with van der Waals surface area (Å²) in [6.45, 7) is 2.12. The van der Waals surface area contributed by atoms with E-state index in [-0.39, 0.29) is 18.6 Å². The number of carbonyl (C=O) groups excluding carboxylic acids is 1. The van der Waals surface area contributed by atoms with Crippen LogP contribution in [0.3, 0.4) is 0 Å². The van der Waals surface area contributed by atoms with Crippen LogP contribution in [0.15, 0.2) is 48.5 Å². The molecule has 1 atom stereocenters. The molecule has 1 saturated heterocycles. The van der Waals surface area contributed by atoms with Crippen LogP contribution in [-0.2, 0) is 4.79 Å². The number of piperazine rings is 1. The van der Waals surface area contributed by atoms with Crippen LogP contribution in [0.5, 0.6) is 11.5 Å². The Morgan fingerprint density at radius 2 is 2.00 bits per heavy atom. The first kappa shape index (κ1) is 17.6. The second-order valence-corrected chi connectivity index (χ2v) is 6.26. The van der Waals surface area contributed by atoms with Crippen LogP contribution in [0.2, 0.25) is 5.02 Å². The predicted molar refractivity (Wildman–Crippen MR) is 97.3 cm³/mol. The summed E-state index contributed by atoms with van der Waals surface area (Å²) in [5.74, 6) is 1.35. The molecule has 1 aliphatic heterocycles. The minimum atomic E-state index is -0.0422. The van der Waals surface area contributed by atoms with E-state index < -0.39 is 0 Å². The predicted octanol–water partition coefficient (Wildman–Crippen LogP) is 2.90. The zero-order valence-corrected chi connectivity index (χ0v) is 14.8. The first-order chi connectivity index (χ1) is 12.2. The monoisotopic (exact) mass is 360 g/mol. The maximum Gasteiger partial charge on any atom is 0.261 e. The van der Waals surface area contributed by atoms with Gasteiger partial charge in [-0.2, -0.15) is 0 Å². The SMILES string of the molecule is COc1ccc(OCC(=O)N2CCNCC2c2cccc(Cl)c2)cc1. The highest BCUT2D eigenvalue weighted by molar-refractivity contribution is 6.30. The zero-order valence-electron chi connectivity index (χ0n) is 14.1. The number of rotatable bonds is 5. The first-order valence-corrected chi connectivity index (χ1v) is 8.57. The topological polar surface area (TPSA) is 50.8 Å². The molecule has 6 heteroatoms. The number of ether oxygens (including phenoxy) is 2. The van der Waals surface area contributed by atoms with E-state index in [1.807, 2.05) is 29.2 Å². The van der Waals surface area contributed by atoms with Crippen LogP contribution in [0, 0.1) is 0 Å². The van der Waals surface area contributed by atoms with Gasteiger partial charge in [-0.3, -0.25) is 4.79 Å². The molecule has 0 saturated carbocycles. The van der Waals surface area contributed by atoms with Crippen molar-refractivity contribution in [2.24, 2.45) is 0 Å². The third kappa shape index (κ3) is 4.44. The molecule has 132 valence electrons. The largest absolute Gasteiger partial charge is 0.497 e. The third-order valence-corrected chi connectivity index (χ3v) is 4.45. The molecule has 25 heavy (non-hydrogen) atoms. The molecule has 2 aromatic carbocycles. The lowest BCUT2D eigenvalue weighted by molar-refractivity contribution is -0.136. The number of methoxy groups -OCH3 is 1. The molecular weight excluding hydrogens is 340 g/mol. The van der Waals surface area contributed by atoms with Crippen LogP contribution < -0.4 is 14.8 Å². The van der Waals surface area contributed by atoms with Gasteiger partial charge < -0.3 is 19.7 Å². The number of hydrogen-bond acceptors (Lipinski definition) is 4. The maximum absolute atomic E-state index is 12.7. The summed E-state index contributed by atoms with van der Waals surface area (Å²) in [6.07, 6.45) is 0. The fraction of sp³-hybridized carbons (Fsp3) is 0.316. The average molecular weight is 361 g/mol. The molecule has 0 aliphatic carbocycles. The van der Waals surface area contributed by atoms with Gasteiger partial charge in [0.15, 0.2) is 6.61 Å². The van der Waals surface area contributed by atoms with Gasteiger partial charge in [-0.25, -0.2) is 0 Å². The second-order valence-electron chi connectivity index (χ2n) is 5.83. The lowest BCUT2D eigenvalue weighted by atomic mass is 10.0. The highest BCUT2D eigenvalue weighted by Gasteiger charge is 2.28. The fourth-order valence-electron chi connectivity index (χ4n) is 2.91. The van der Waals surface area contributed by atoms with Crippen LogP contribution >= 0.6 is 11.6 Å². The van der Waals surface area contributed by atoms with Crippen LogP contribution in [0.1, 0.15) is 11.6 Å². The summed E-state index contributed by atoms with van der Waals surface area (Å²) >= 11 is 6.10. The number of nitrogens with one attached hydrogen (secondary N) is 1. The summed E-state index contributed by atoms with van der Waals surface area (Å²) < 4.78 is 10.7. The Bertz CT molecular complexity index is 721. The van der Waals surface area contributed by atoms with Crippen LogP contribution in [0.4, 0.5) is 0 Å². The Hall–Kier alpha value is -2.24. The summed E-state index contributed by atoms with van der Waals surface area (Å²) in [7, 11) is 1.61. The number of hydrogen-bond donors (Lipinski definition) is 1. The quantitative estimate of drug-likeness (QED) is 0.890. The minimum absolute atomic E-state index is 0.00337. The van der Waals surface area contributed by atoms with E-state index in [4.69, 9.17) is 21.1 Å². The Morgan fingerprint density at radius 3 is 2.72 bits per heavy atom. The highest BCUT2D eigenvalue weighted by atomic mass is 35.5. The van der Waals surface area contributed by atoms with E-state index in [2.05, 4.69) is 5.32 Å². The highest BCUT2D eigenvalue weighted by Crippen LogP contribution is 2.25. The lowest BCUT2D eigenvalue weighted by Gasteiger charge is -2.36. The van der Waals surface area contributed by atoms with Gasteiger partial charge in [0.05, 0.1) is 13.2 Å². The van der Waals surface area contributed by atoms with E-state index in [1.54, 1.807) is 31.4 Å². The fourth-order valence-corrected chi connectivity index (χ4v) is 3.11. The van der Waals surface area contributed by atoms with Gasteiger partial charge in [0.2, 0.25) is 0 Å². The first-order valence-electron chi connectivity index (χ1n) is 8.20. The molecule has 0 aromatic heterocycles. The van der Waals surface area contributed by atoms with Gasteiger partial charge >= 0.3 is 0 Å². The molecule has 1 heterocycles. The number of halogens is 1. The molecule has 1 fully saturated rings. The molecule has 1 unspecified atom stereocenters. The Balaban J connectivity index is 1.66. The average Bonchev–Trinajstić information content (AvgIpc) is 2.66. The number of benzene rings is 2. The Morgan fingerprint density at radius 1 is 1.24 bits per heavy atom. The van der Waals surface area contributed by atoms with Crippen LogP contribution in [0.25, 0.3) is 0 Å². The molecule has 0 radical (unpaired) electrons. The van der Waals surface area contributed by atoms with E-state index in [1.165, 1.54) is 0 Å². The van der Waals surface area contributed by atoms with Gasteiger partial charge in [-0.15, -0.1) is 0 Å². The van der Waals surface area contributed by atoms with Gasteiger partial charge in [0.1, 0.15) is 11.5 Å². The van der Waals surface area contributed by atoms with Crippen molar-refractivity contribution in [2.75, 3.05) is 33.4 Å². The molecule has 0 bridgehead atoms. The molecule has 3 rings (SSSR count). The van der Waals surface area contributed by atoms with Gasteiger partial charge in [0, 0.05) is 24.7 Å². The van der Waals surface area contributed by atoms with E-state index >= 15 is 0 Å². The van der Waals surface area contributed by atoms with E-state index in [0.717, 1.165) is 17.9 Å². The standard InChI is InChI=1S/C19H21ClN2O3/c1-24-16-5-7-17(8-6-16)25-13-19(23)22-10-9-21-12-18(22)14-3-2-4-15(20)11-14/h2-8,11,18,21H,9-10,12-13H2,1H3. The van der Waals surface area contributed by atoms with Gasteiger partial charge in [-0.1, -0.05) is 23.7 Å². The number of carbonyl (C=O) groups is 1. The van der Waals surface area contributed by atoms with Crippen LogP contribution in [-0.4, -0.2) is 44.2 Å². The van der Waals surface area contributed by atoms with Crippen molar-refractivity contribution in [2.45, 2.75) is 6.04 Å². The van der Waals surface area contributed by atoms with Crippen molar-refractivity contribution in [1.29, 1.82) is 0 Å². The summed E-state index contributed by atoms with van der Waals surface area (Å²) in [6, 6.07) is 14.8. The number of nitrogens with zero attached hydrogens (tertiary/aromatic N) is 1. The van der Waals surface area contributed by atoms with Crippen molar-refractivity contribution >= 4 is 17.5 Å². The van der Waals surface area contributed by atoms with Crippen molar-refractivity contribution in [1.82, 2.24) is 10.2 Å². The lowest BCUT2D eigenvalue weighted by Crippen LogP contribution is -2.50. The molecule has 5 nitrogen and oxygen atoms in total. The van der Waals surface area contributed by atoms with Gasteiger partial charge in [0.25, 0.3) is 5.91 Å². The summed E-state index contributed by atoms with van der Waals surface area (Å²) in [5, 5.41) is 4.00. The van der Waals surface area contributed by atoms with E-state index in [9.17, 15) is 4.79 Å². The molecule has 2 aromatic rings. The van der Waals surface area contributed by atoms with Crippen molar-refractivity contribution < 1.29 is 14.3 Å². The van der Waals surface area contributed by atoms with Gasteiger partial charge in [-0.05, 0) is 42.0 Å².